The molecule has 0 saturated heterocycles. The molecule has 3 aromatic rings. The van der Waals surface area contributed by atoms with Crippen molar-refractivity contribution in [3.63, 3.8) is 0 Å². The number of nitrogens with zero attached hydrogens (tertiary/aromatic N) is 2. The molecule has 0 spiro atoms. The van der Waals surface area contributed by atoms with Crippen molar-refractivity contribution in [2.75, 3.05) is 6.61 Å². The molecule has 21 heavy (non-hydrogen) atoms. The molecular formula is C17H17ClN2O. The molecule has 0 aliphatic heterocycles. The zero-order valence-electron chi connectivity index (χ0n) is 11.7. The van der Waals surface area contributed by atoms with Crippen molar-refractivity contribution in [1.29, 1.82) is 0 Å². The van der Waals surface area contributed by atoms with Gasteiger partial charge in [0.2, 0.25) is 0 Å². The molecule has 0 fully saturated rings. The number of aliphatic hydroxyl groups is 1. The van der Waals surface area contributed by atoms with E-state index >= 15 is 0 Å². The van der Waals surface area contributed by atoms with E-state index in [0.29, 0.717) is 5.02 Å². The number of rotatable bonds is 5. The highest BCUT2D eigenvalue weighted by molar-refractivity contribution is 6.31. The maximum atomic E-state index is 9.11. The van der Waals surface area contributed by atoms with Crippen LogP contribution >= 0.6 is 11.6 Å². The molecular weight excluding hydrogens is 284 g/mol. The van der Waals surface area contributed by atoms with Crippen LogP contribution in [0.1, 0.15) is 17.8 Å². The molecule has 4 heteroatoms. The minimum absolute atomic E-state index is 0.179. The summed E-state index contributed by atoms with van der Waals surface area (Å²) in [5.74, 6) is 1.01. The number of aliphatic hydroxyl groups excluding tert-OH is 1. The van der Waals surface area contributed by atoms with Gasteiger partial charge in [-0.2, -0.15) is 0 Å². The molecule has 0 bridgehead atoms. The number of hydrogen-bond acceptors (Lipinski definition) is 2. The Labute approximate surface area is 128 Å². The van der Waals surface area contributed by atoms with Crippen LogP contribution in [0.3, 0.4) is 0 Å². The summed E-state index contributed by atoms with van der Waals surface area (Å²) in [5, 5.41) is 9.80. The second-order valence-electron chi connectivity index (χ2n) is 5.05. The lowest BCUT2D eigenvalue weighted by molar-refractivity contribution is 0.280. The van der Waals surface area contributed by atoms with Gasteiger partial charge in [-0.15, -0.1) is 0 Å². The summed E-state index contributed by atoms with van der Waals surface area (Å²) in [5.41, 5.74) is 3.20. The lowest BCUT2D eigenvalue weighted by atomic mass is 10.1. The Bertz CT molecular complexity index is 737. The predicted octanol–water partition coefficient (Wildman–Crippen LogP) is 3.66. The average molecular weight is 301 g/mol. The van der Waals surface area contributed by atoms with Crippen molar-refractivity contribution in [3.8, 4) is 0 Å². The summed E-state index contributed by atoms with van der Waals surface area (Å²) in [6, 6.07) is 16.0. The lowest BCUT2D eigenvalue weighted by Gasteiger charge is -2.08. The first-order chi connectivity index (χ1) is 10.3. The third kappa shape index (κ3) is 3.09. The van der Waals surface area contributed by atoms with Crippen LogP contribution < -0.4 is 0 Å². The van der Waals surface area contributed by atoms with Crippen molar-refractivity contribution in [3.05, 3.63) is 64.9 Å². The van der Waals surface area contributed by atoms with E-state index in [9.17, 15) is 0 Å². The SMILES string of the molecule is OCCCn1c(Cc2ccccc2)nc2cc(Cl)ccc21. The summed E-state index contributed by atoms with van der Waals surface area (Å²) in [6.07, 6.45) is 1.49. The van der Waals surface area contributed by atoms with Crippen molar-refractivity contribution >= 4 is 22.6 Å². The molecule has 108 valence electrons. The molecule has 0 aliphatic rings. The van der Waals surface area contributed by atoms with Gasteiger partial charge in [0.15, 0.2) is 0 Å². The summed E-state index contributed by atoms with van der Waals surface area (Å²) in [4.78, 5) is 4.72. The Morgan fingerprint density at radius 2 is 1.90 bits per heavy atom. The van der Waals surface area contributed by atoms with E-state index in [2.05, 4.69) is 16.7 Å². The van der Waals surface area contributed by atoms with Gasteiger partial charge in [0.25, 0.3) is 0 Å². The van der Waals surface area contributed by atoms with Crippen molar-refractivity contribution < 1.29 is 5.11 Å². The summed E-state index contributed by atoms with van der Waals surface area (Å²) < 4.78 is 2.18. The molecule has 0 radical (unpaired) electrons. The minimum Gasteiger partial charge on any atom is -0.396 e. The third-order valence-corrected chi connectivity index (χ3v) is 3.77. The van der Waals surface area contributed by atoms with Crippen LogP contribution in [-0.2, 0) is 13.0 Å². The fourth-order valence-corrected chi connectivity index (χ4v) is 2.71. The highest BCUT2D eigenvalue weighted by Crippen LogP contribution is 2.22. The summed E-state index contributed by atoms with van der Waals surface area (Å²) >= 11 is 6.06. The van der Waals surface area contributed by atoms with Gasteiger partial charge in [-0.25, -0.2) is 4.98 Å². The smallest absolute Gasteiger partial charge is 0.114 e. The fourth-order valence-electron chi connectivity index (χ4n) is 2.54. The fraction of sp³-hybridized carbons (Fsp3) is 0.235. The Morgan fingerprint density at radius 3 is 2.67 bits per heavy atom. The van der Waals surface area contributed by atoms with Gasteiger partial charge in [-0.3, -0.25) is 0 Å². The Balaban J connectivity index is 2.03. The maximum Gasteiger partial charge on any atom is 0.114 e. The molecule has 0 unspecified atom stereocenters. The van der Waals surface area contributed by atoms with Gasteiger partial charge in [-0.05, 0) is 30.2 Å². The molecule has 0 aliphatic carbocycles. The first-order valence-corrected chi connectivity index (χ1v) is 7.45. The van der Waals surface area contributed by atoms with Gasteiger partial charge >= 0.3 is 0 Å². The van der Waals surface area contributed by atoms with Crippen molar-refractivity contribution in [2.45, 2.75) is 19.4 Å². The quantitative estimate of drug-likeness (QED) is 0.781. The van der Waals surface area contributed by atoms with E-state index in [-0.39, 0.29) is 6.61 Å². The van der Waals surface area contributed by atoms with Crippen LogP contribution in [0.4, 0.5) is 0 Å². The monoisotopic (exact) mass is 300 g/mol. The van der Waals surface area contributed by atoms with E-state index in [1.54, 1.807) is 0 Å². The second-order valence-corrected chi connectivity index (χ2v) is 5.49. The van der Waals surface area contributed by atoms with Gasteiger partial charge in [0.05, 0.1) is 11.0 Å². The topological polar surface area (TPSA) is 38.0 Å². The summed E-state index contributed by atoms with van der Waals surface area (Å²) in [6.45, 7) is 0.939. The largest absolute Gasteiger partial charge is 0.396 e. The Kier molecular flexibility index (Phi) is 4.23. The molecule has 0 amide bonds. The van der Waals surface area contributed by atoms with E-state index in [1.807, 2.05) is 36.4 Å². The van der Waals surface area contributed by atoms with Gasteiger partial charge in [-0.1, -0.05) is 41.9 Å². The highest BCUT2D eigenvalue weighted by Gasteiger charge is 2.11. The second kappa shape index (κ2) is 6.29. The molecule has 1 heterocycles. The van der Waals surface area contributed by atoms with Gasteiger partial charge in [0, 0.05) is 24.6 Å². The lowest BCUT2D eigenvalue weighted by Crippen LogP contribution is -2.06. The first-order valence-electron chi connectivity index (χ1n) is 7.07. The molecule has 3 nitrogen and oxygen atoms in total. The number of hydrogen-bond donors (Lipinski definition) is 1. The van der Waals surface area contributed by atoms with Crippen LogP contribution in [-0.4, -0.2) is 21.3 Å². The summed E-state index contributed by atoms with van der Waals surface area (Å²) in [7, 11) is 0. The van der Waals surface area contributed by atoms with Crippen LogP contribution in [0.15, 0.2) is 48.5 Å². The third-order valence-electron chi connectivity index (χ3n) is 3.53. The van der Waals surface area contributed by atoms with Crippen molar-refractivity contribution in [2.24, 2.45) is 0 Å². The number of fused-ring (bicyclic) bond motifs is 1. The predicted molar refractivity (Wildman–Crippen MR) is 85.7 cm³/mol. The van der Waals surface area contributed by atoms with E-state index in [0.717, 1.165) is 36.2 Å². The first kappa shape index (κ1) is 14.1. The molecule has 3 rings (SSSR count). The van der Waals surface area contributed by atoms with E-state index in [1.165, 1.54) is 5.56 Å². The molecule has 1 N–H and O–H groups in total. The Morgan fingerprint density at radius 1 is 1.10 bits per heavy atom. The Hall–Kier alpha value is -1.84. The molecule has 2 aromatic carbocycles. The van der Waals surface area contributed by atoms with Gasteiger partial charge in [0.1, 0.15) is 5.82 Å². The van der Waals surface area contributed by atoms with Crippen LogP contribution in [0.2, 0.25) is 5.02 Å². The van der Waals surface area contributed by atoms with Crippen LogP contribution in [0.25, 0.3) is 11.0 Å². The standard InChI is InChI=1S/C17H17ClN2O/c18-14-7-8-16-15(12-14)19-17(20(16)9-4-10-21)11-13-5-2-1-3-6-13/h1-3,5-8,12,21H,4,9-11H2. The minimum atomic E-state index is 0.179. The van der Waals surface area contributed by atoms with Crippen molar-refractivity contribution in [1.82, 2.24) is 9.55 Å². The van der Waals surface area contributed by atoms with Gasteiger partial charge < -0.3 is 9.67 Å². The highest BCUT2D eigenvalue weighted by atomic mass is 35.5. The molecule has 0 atom stereocenters. The number of imidazole rings is 1. The van der Waals surface area contributed by atoms with E-state index in [4.69, 9.17) is 21.7 Å². The number of aromatic nitrogens is 2. The number of aryl methyl sites for hydroxylation is 1. The molecule has 1 aromatic heterocycles. The van der Waals surface area contributed by atoms with E-state index < -0.39 is 0 Å². The number of halogens is 1. The van der Waals surface area contributed by atoms with Crippen LogP contribution in [0, 0.1) is 0 Å². The number of benzene rings is 2. The average Bonchev–Trinajstić information content (AvgIpc) is 2.82. The normalized spacial score (nSPS) is 11.1. The molecule has 0 saturated carbocycles. The maximum absolute atomic E-state index is 9.11. The zero-order chi connectivity index (χ0) is 14.7. The van der Waals surface area contributed by atoms with Crippen LogP contribution in [0.5, 0.6) is 0 Å². The zero-order valence-corrected chi connectivity index (χ0v) is 12.4.